The van der Waals surface area contributed by atoms with E-state index in [0.717, 1.165) is 17.1 Å². The van der Waals surface area contributed by atoms with Crippen LogP contribution in [-0.2, 0) is 10.8 Å². The van der Waals surface area contributed by atoms with Gasteiger partial charge in [-0.1, -0.05) is 191 Å². The zero-order chi connectivity index (χ0) is 39.9. The first-order valence-corrected chi connectivity index (χ1v) is 20.8. The summed E-state index contributed by atoms with van der Waals surface area (Å²) in [7, 11) is 0. The van der Waals surface area contributed by atoms with Crippen LogP contribution in [0.1, 0.15) is 49.9 Å². The van der Waals surface area contributed by atoms with Crippen LogP contribution in [0.4, 0.5) is 17.1 Å². The second kappa shape index (κ2) is 13.3. The van der Waals surface area contributed by atoms with Crippen molar-refractivity contribution in [3.05, 3.63) is 222 Å². The Kier molecular flexibility index (Phi) is 7.94. The van der Waals surface area contributed by atoms with E-state index in [4.69, 9.17) is 0 Å². The van der Waals surface area contributed by atoms with Gasteiger partial charge in [-0.3, -0.25) is 0 Å². The van der Waals surface area contributed by atoms with Crippen LogP contribution in [0, 0.1) is 0 Å². The number of para-hydroxylation sites is 1. The van der Waals surface area contributed by atoms with Gasteiger partial charge in [-0.15, -0.1) is 0 Å². The third-order valence-corrected chi connectivity index (χ3v) is 13.2. The second-order valence-corrected chi connectivity index (χ2v) is 17.3. The molecule has 282 valence electrons. The normalized spacial score (nSPS) is 14.0. The van der Waals surface area contributed by atoms with E-state index in [0.29, 0.717) is 0 Å². The molecule has 0 heterocycles. The van der Waals surface area contributed by atoms with Gasteiger partial charge in [0, 0.05) is 27.8 Å². The minimum absolute atomic E-state index is 0.132. The molecular formula is C58H45N. The quantitative estimate of drug-likeness (QED) is 0.163. The SMILES string of the molecule is CC1(C)c2ccccc2-c2ccc(N(c3ccc4c(c3)-c3c(-c5ccccc5)cc5ccccc5c3C4(C)C)c3ccccc3-c3ccc(-c4ccccc4)cc3)cc21. The maximum absolute atomic E-state index is 2.51. The molecule has 0 amide bonds. The number of fused-ring (bicyclic) bond motifs is 8. The number of benzene rings is 9. The molecule has 0 saturated carbocycles. The summed E-state index contributed by atoms with van der Waals surface area (Å²) in [5, 5.41) is 2.60. The standard InChI is InChI=1S/C58H45N/c1-57(2)51-25-15-13-24-47(51)48-33-31-44(37-53(48)57)59(54-26-16-14-22-45(54)41-29-27-39(28-30-41)38-17-7-5-8-18-38)43-32-34-52-50(36-43)55-49(40-19-9-6-10-20-40)35-42-21-11-12-23-46(42)56(55)58(52,3)4/h5-37H,1-4H3. The molecule has 0 unspecified atom stereocenters. The zero-order valence-corrected chi connectivity index (χ0v) is 34.0. The lowest BCUT2D eigenvalue weighted by Gasteiger charge is -2.30. The van der Waals surface area contributed by atoms with Gasteiger partial charge in [0.05, 0.1) is 5.69 Å². The van der Waals surface area contributed by atoms with E-state index < -0.39 is 0 Å². The van der Waals surface area contributed by atoms with Gasteiger partial charge in [-0.25, -0.2) is 0 Å². The number of nitrogens with zero attached hydrogens (tertiary/aromatic N) is 1. The average Bonchev–Trinajstić information content (AvgIpc) is 3.66. The predicted molar refractivity (Wildman–Crippen MR) is 250 cm³/mol. The van der Waals surface area contributed by atoms with Crippen LogP contribution < -0.4 is 4.90 Å². The van der Waals surface area contributed by atoms with Gasteiger partial charge in [0.25, 0.3) is 0 Å². The van der Waals surface area contributed by atoms with Crippen molar-refractivity contribution in [3.8, 4) is 55.6 Å². The topological polar surface area (TPSA) is 3.24 Å². The van der Waals surface area contributed by atoms with Crippen LogP contribution in [0.25, 0.3) is 66.4 Å². The fourth-order valence-corrected chi connectivity index (χ4v) is 10.3. The molecule has 0 saturated heterocycles. The third kappa shape index (κ3) is 5.45. The average molecular weight is 756 g/mol. The molecule has 0 fully saturated rings. The summed E-state index contributed by atoms with van der Waals surface area (Å²) in [6.45, 7) is 9.56. The smallest absolute Gasteiger partial charge is 0.0540 e. The van der Waals surface area contributed by atoms with Gasteiger partial charge in [0.15, 0.2) is 0 Å². The number of anilines is 3. The highest BCUT2D eigenvalue weighted by Gasteiger charge is 2.40. The minimum Gasteiger partial charge on any atom is -0.310 e. The van der Waals surface area contributed by atoms with Crippen molar-refractivity contribution in [2.45, 2.75) is 38.5 Å². The number of hydrogen-bond donors (Lipinski definition) is 0. The second-order valence-electron chi connectivity index (χ2n) is 17.3. The Bertz CT molecular complexity index is 3080. The highest BCUT2D eigenvalue weighted by Crippen LogP contribution is 2.57. The van der Waals surface area contributed by atoms with Crippen molar-refractivity contribution in [2.75, 3.05) is 4.90 Å². The van der Waals surface area contributed by atoms with Crippen molar-refractivity contribution in [1.82, 2.24) is 0 Å². The molecule has 59 heavy (non-hydrogen) atoms. The van der Waals surface area contributed by atoms with Crippen LogP contribution in [-0.4, -0.2) is 0 Å². The molecule has 0 aliphatic heterocycles. The third-order valence-electron chi connectivity index (χ3n) is 13.2. The lowest BCUT2D eigenvalue weighted by atomic mass is 9.79. The molecular weight excluding hydrogens is 711 g/mol. The molecule has 1 nitrogen and oxygen atoms in total. The van der Waals surface area contributed by atoms with E-state index >= 15 is 0 Å². The molecule has 0 radical (unpaired) electrons. The molecule has 9 aromatic rings. The fraction of sp³-hybridized carbons (Fsp3) is 0.103. The molecule has 9 aromatic carbocycles. The highest BCUT2D eigenvalue weighted by molar-refractivity contribution is 6.05. The van der Waals surface area contributed by atoms with E-state index in [1.54, 1.807) is 0 Å². The number of hydrogen-bond acceptors (Lipinski definition) is 1. The van der Waals surface area contributed by atoms with E-state index in [9.17, 15) is 0 Å². The molecule has 0 aromatic heterocycles. The Balaban J connectivity index is 1.15. The lowest BCUT2D eigenvalue weighted by Crippen LogP contribution is -2.17. The predicted octanol–water partition coefficient (Wildman–Crippen LogP) is 15.9. The molecule has 0 atom stereocenters. The van der Waals surface area contributed by atoms with Gasteiger partial charge >= 0.3 is 0 Å². The first-order chi connectivity index (χ1) is 28.8. The van der Waals surface area contributed by atoms with E-state index in [1.807, 2.05) is 0 Å². The maximum atomic E-state index is 2.51. The zero-order valence-electron chi connectivity index (χ0n) is 34.0. The summed E-state index contributed by atoms with van der Waals surface area (Å²) in [5.74, 6) is 0. The molecule has 0 spiro atoms. The largest absolute Gasteiger partial charge is 0.310 e. The van der Waals surface area contributed by atoms with Crippen LogP contribution in [0.15, 0.2) is 200 Å². The molecule has 0 N–H and O–H groups in total. The van der Waals surface area contributed by atoms with Crippen molar-refractivity contribution in [1.29, 1.82) is 0 Å². The van der Waals surface area contributed by atoms with Crippen LogP contribution in [0.3, 0.4) is 0 Å². The first kappa shape index (κ1) is 35.2. The Morgan fingerprint density at radius 1 is 0.339 bits per heavy atom. The summed E-state index contributed by atoms with van der Waals surface area (Å²) in [6, 6.07) is 74.2. The van der Waals surface area contributed by atoms with Gasteiger partial charge in [-0.2, -0.15) is 0 Å². The van der Waals surface area contributed by atoms with Crippen molar-refractivity contribution in [3.63, 3.8) is 0 Å². The Labute approximate surface area is 347 Å². The molecule has 11 rings (SSSR count). The summed E-state index contributed by atoms with van der Waals surface area (Å²) >= 11 is 0. The van der Waals surface area contributed by atoms with E-state index in [-0.39, 0.29) is 10.8 Å². The summed E-state index contributed by atoms with van der Waals surface area (Å²) in [5.41, 5.74) is 21.2. The first-order valence-electron chi connectivity index (χ1n) is 20.8. The van der Waals surface area contributed by atoms with Crippen molar-refractivity contribution >= 4 is 27.8 Å². The van der Waals surface area contributed by atoms with Crippen LogP contribution in [0.2, 0.25) is 0 Å². The summed E-state index contributed by atoms with van der Waals surface area (Å²) in [4.78, 5) is 2.51. The Hall–Kier alpha value is -6.96. The Morgan fingerprint density at radius 2 is 0.881 bits per heavy atom. The number of rotatable bonds is 6. The maximum Gasteiger partial charge on any atom is 0.0540 e. The van der Waals surface area contributed by atoms with Crippen molar-refractivity contribution < 1.29 is 0 Å². The van der Waals surface area contributed by atoms with Gasteiger partial charge in [0.2, 0.25) is 0 Å². The van der Waals surface area contributed by atoms with Gasteiger partial charge < -0.3 is 4.90 Å². The molecule has 1 heteroatoms. The van der Waals surface area contributed by atoms with Crippen molar-refractivity contribution in [2.24, 2.45) is 0 Å². The molecule has 0 bridgehead atoms. The Morgan fingerprint density at radius 3 is 1.66 bits per heavy atom. The summed E-state index contributed by atoms with van der Waals surface area (Å²) in [6.07, 6.45) is 0. The summed E-state index contributed by atoms with van der Waals surface area (Å²) < 4.78 is 0. The van der Waals surface area contributed by atoms with Gasteiger partial charge in [-0.05, 0) is 119 Å². The van der Waals surface area contributed by atoms with E-state index in [1.165, 1.54) is 88.7 Å². The van der Waals surface area contributed by atoms with Gasteiger partial charge in [0.1, 0.15) is 0 Å². The fourth-order valence-electron chi connectivity index (χ4n) is 10.3. The lowest BCUT2D eigenvalue weighted by molar-refractivity contribution is 0.660. The van der Waals surface area contributed by atoms with E-state index in [2.05, 4.69) is 233 Å². The van der Waals surface area contributed by atoms with Crippen LogP contribution in [0.5, 0.6) is 0 Å². The molecule has 2 aliphatic rings. The monoisotopic (exact) mass is 755 g/mol. The minimum atomic E-state index is -0.194. The van der Waals surface area contributed by atoms with Crippen LogP contribution >= 0.6 is 0 Å². The highest BCUT2D eigenvalue weighted by atomic mass is 15.1. The molecule has 2 aliphatic carbocycles.